The number of aryl methyl sites for hydroxylation is 1. The number of carbonyl (C=O) groups excluding carboxylic acids is 1. The molecular weight excluding hydrogens is 392 g/mol. The molecule has 1 aromatic carbocycles. The lowest BCUT2D eigenvalue weighted by molar-refractivity contribution is 0.0601. The third-order valence-electron chi connectivity index (χ3n) is 5.42. The van der Waals surface area contributed by atoms with Gasteiger partial charge in [0.2, 0.25) is 0 Å². The molecule has 1 amide bonds. The Morgan fingerprint density at radius 2 is 2.17 bits per heavy atom. The first kappa shape index (κ1) is 19.5. The minimum atomic E-state index is -0.0427. The lowest BCUT2D eigenvalue weighted by Crippen LogP contribution is -2.45. The highest BCUT2D eigenvalue weighted by atomic mass is 35.5. The number of carbonyl (C=O) groups is 1. The van der Waals surface area contributed by atoms with E-state index in [1.807, 2.05) is 30.0 Å². The lowest BCUT2D eigenvalue weighted by atomic mass is 9.92. The number of nitrogens with zero attached hydrogens (tertiary/aromatic N) is 3. The van der Waals surface area contributed by atoms with Crippen LogP contribution < -0.4 is 4.74 Å². The number of aromatic nitrogens is 3. The number of piperidine rings is 1. The Hall–Kier alpha value is -2.80. The van der Waals surface area contributed by atoms with Crippen molar-refractivity contribution in [2.24, 2.45) is 0 Å². The molecule has 3 aromatic rings. The molecule has 2 aromatic heterocycles. The fourth-order valence-electron chi connectivity index (χ4n) is 3.73. The van der Waals surface area contributed by atoms with Crippen molar-refractivity contribution in [1.29, 1.82) is 0 Å². The molecule has 0 spiro atoms. The van der Waals surface area contributed by atoms with Crippen LogP contribution in [0.1, 0.15) is 47.4 Å². The van der Waals surface area contributed by atoms with E-state index in [9.17, 15) is 4.79 Å². The Morgan fingerprint density at radius 3 is 2.90 bits per heavy atom. The molecule has 3 heterocycles. The van der Waals surface area contributed by atoms with Crippen LogP contribution in [0.25, 0.3) is 11.6 Å². The molecule has 1 N–H and O–H groups in total. The van der Waals surface area contributed by atoms with Crippen LogP contribution in [0, 0.1) is 6.92 Å². The van der Waals surface area contributed by atoms with Crippen molar-refractivity contribution in [3.63, 3.8) is 0 Å². The van der Waals surface area contributed by atoms with Crippen molar-refractivity contribution in [3.8, 4) is 17.3 Å². The molecule has 0 bridgehead atoms. The quantitative estimate of drug-likeness (QED) is 0.682. The van der Waals surface area contributed by atoms with Gasteiger partial charge in [-0.05, 0) is 50.5 Å². The Morgan fingerprint density at radius 1 is 1.34 bits per heavy atom. The van der Waals surface area contributed by atoms with Gasteiger partial charge in [0, 0.05) is 24.7 Å². The van der Waals surface area contributed by atoms with Gasteiger partial charge < -0.3 is 19.1 Å². The van der Waals surface area contributed by atoms with Gasteiger partial charge in [0.1, 0.15) is 11.4 Å². The Kier molecular flexibility index (Phi) is 5.32. The minimum absolute atomic E-state index is 0.00882. The highest BCUT2D eigenvalue weighted by molar-refractivity contribution is 6.30. The number of rotatable bonds is 4. The van der Waals surface area contributed by atoms with Crippen LogP contribution in [0.4, 0.5) is 0 Å². The molecule has 0 saturated carbocycles. The molecule has 0 aliphatic carbocycles. The molecule has 7 nitrogen and oxygen atoms in total. The third-order valence-corrected chi connectivity index (χ3v) is 5.63. The van der Waals surface area contributed by atoms with E-state index in [0.29, 0.717) is 40.3 Å². The topological polar surface area (TPSA) is 84.2 Å². The predicted molar refractivity (Wildman–Crippen MR) is 109 cm³/mol. The fraction of sp³-hybridized carbons (Fsp3) is 0.381. The summed E-state index contributed by atoms with van der Waals surface area (Å²) in [4.78, 5) is 22.7. The molecule has 152 valence electrons. The minimum Gasteiger partial charge on any atom is -0.496 e. The Labute approximate surface area is 174 Å². The molecular formula is C21H23ClN4O3. The second-order valence-corrected chi connectivity index (χ2v) is 7.91. The summed E-state index contributed by atoms with van der Waals surface area (Å²) >= 11 is 5.95. The molecule has 4 rings (SSSR count). The number of likely N-dealkylation sites (tertiary alicyclic amines) is 1. The summed E-state index contributed by atoms with van der Waals surface area (Å²) in [6.45, 7) is 4.57. The van der Waals surface area contributed by atoms with Gasteiger partial charge in [-0.2, -0.15) is 4.98 Å². The fourth-order valence-corrected chi connectivity index (χ4v) is 3.90. The summed E-state index contributed by atoms with van der Waals surface area (Å²) in [5.41, 5.74) is 2.29. The van der Waals surface area contributed by atoms with Crippen LogP contribution in [0.3, 0.4) is 0 Å². The molecule has 1 aliphatic heterocycles. The van der Waals surface area contributed by atoms with Crippen LogP contribution in [0.15, 0.2) is 35.0 Å². The van der Waals surface area contributed by atoms with Gasteiger partial charge in [-0.3, -0.25) is 4.79 Å². The summed E-state index contributed by atoms with van der Waals surface area (Å²) in [6, 6.07) is 7.50. The number of hydrogen-bond donors (Lipinski definition) is 1. The van der Waals surface area contributed by atoms with E-state index in [0.717, 1.165) is 18.4 Å². The van der Waals surface area contributed by atoms with Crippen LogP contribution >= 0.6 is 11.6 Å². The standard InChI is InChI=1S/C21H23ClN4O3/c1-12-4-7-16(18(8-12)28-3)21(27)26-11-14(6-5-13(26)2)19-24-20(29-25-19)17-9-15(22)10-23-17/h4,7-10,13-14,23H,5-6,11H2,1-3H3/t13-,14+/m1/s1. The van der Waals surface area contributed by atoms with E-state index in [1.54, 1.807) is 19.4 Å². The first-order valence-electron chi connectivity index (χ1n) is 9.59. The van der Waals surface area contributed by atoms with Crippen LogP contribution in [0.5, 0.6) is 5.75 Å². The first-order chi connectivity index (χ1) is 14.0. The number of H-pyrrole nitrogens is 1. The molecule has 0 unspecified atom stereocenters. The van der Waals surface area contributed by atoms with Crippen molar-refractivity contribution in [2.45, 2.75) is 38.6 Å². The molecule has 2 atom stereocenters. The Balaban J connectivity index is 1.56. The maximum absolute atomic E-state index is 13.3. The van der Waals surface area contributed by atoms with Gasteiger partial charge in [0.25, 0.3) is 11.8 Å². The number of benzene rings is 1. The average Bonchev–Trinajstić information content (AvgIpc) is 3.37. The summed E-state index contributed by atoms with van der Waals surface area (Å²) < 4.78 is 10.8. The molecule has 1 saturated heterocycles. The zero-order valence-electron chi connectivity index (χ0n) is 16.6. The SMILES string of the molecule is COc1cc(C)ccc1C(=O)N1C[C@@H](c2noc(-c3cc(Cl)c[nH]3)n2)CC[C@H]1C. The van der Waals surface area contributed by atoms with Crippen LogP contribution in [-0.4, -0.2) is 45.6 Å². The number of halogens is 1. The van der Waals surface area contributed by atoms with E-state index >= 15 is 0 Å². The van der Waals surface area contributed by atoms with Crippen molar-refractivity contribution < 1.29 is 14.1 Å². The zero-order valence-corrected chi connectivity index (χ0v) is 17.4. The summed E-state index contributed by atoms with van der Waals surface area (Å²) in [5, 5.41) is 4.73. The molecule has 1 fully saturated rings. The lowest BCUT2D eigenvalue weighted by Gasteiger charge is -2.37. The van der Waals surface area contributed by atoms with E-state index in [2.05, 4.69) is 22.0 Å². The zero-order chi connectivity index (χ0) is 20.5. The van der Waals surface area contributed by atoms with Gasteiger partial charge in [-0.1, -0.05) is 22.8 Å². The van der Waals surface area contributed by atoms with Gasteiger partial charge in [-0.25, -0.2) is 0 Å². The van der Waals surface area contributed by atoms with Gasteiger partial charge >= 0.3 is 0 Å². The maximum Gasteiger partial charge on any atom is 0.274 e. The number of hydrogen-bond acceptors (Lipinski definition) is 5. The van der Waals surface area contributed by atoms with Gasteiger partial charge in [-0.15, -0.1) is 0 Å². The predicted octanol–water partition coefficient (Wildman–Crippen LogP) is 4.44. The average molecular weight is 415 g/mol. The number of methoxy groups -OCH3 is 1. The first-order valence-corrected chi connectivity index (χ1v) is 9.97. The maximum atomic E-state index is 13.3. The van der Waals surface area contributed by atoms with Crippen LogP contribution in [-0.2, 0) is 0 Å². The second-order valence-electron chi connectivity index (χ2n) is 7.47. The van der Waals surface area contributed by atoms with Crippen LogP contribution in [0.2, 0.25) is 5.02 Å². The summed E-state index contributed by atoms with van der Waals surface area (Å²) in [5.74, 6) is 1.55. The number of amides is 1. The normalized spacial score (nSPS) is 19.4. The van der Waals surface area contributed by atoms with Crippen molar-refractivity contribution in [2.75, 3.05) is 13.7 Å². The number of nitrogens with one attached hydrogen (secondary N) is 1. The van der Waals surface area contributed by atoms with E-state index in [4.69, 9.17) is 20.9 Å². The summed E-state index contributed by atoms with van der Waals surface area (Å²) in [6.07, 6.45) is 3.42. The van der Waals surface area contributed by atoms with Gasteiger partial charge in [0.15, 0.2) is 5.82 Å². The van der Waals surface area contributed by atoms with Crippen molar-refractivity contribution >= 4 is 17.5 Å². The van der Waals surface area contributed by atoms with E-state index in [1.165, 1.54) is 0 Å². The number of ether oxygens (including phenoxy) is 1. The third kappa shape index (κ3) is 3.87. The highest BCUT2D eigenvalue weighted by Crippen LogP contribution is 2.32. The smallest absolute Gasteiger partial charge is 0.274 e. The molecule has 8 heteroatoms. The van der Waals surface area contributed by atoms with Crippen molar-refractivity contribution in [1.82, 2.24) is 20.0 Å². The highest BCUT2D eigenvalue weighted by Gasteiger charge is 2.33. The van der Waals surface area contributed by atoms with Crippen molar-refractivity contribution in [3.05, 3.63) is 52.4 Å². The second kappa shape index (κ2) is 7.91. The Bertz CT molecular complexity index is 1030. The van der Waals surface area contributed by atoms with E-state index in [-0.39, 0.29) is 17.9 Å². The van der Waals surface area contributed by atoms with Gasteiger partial charge in [0.05, 0.1) is 17.7 Å². The largest absolute Gasteiger partial charge is 0.496 e. The monoisotopic (exact) mass is 414 g/mol. The summed E-state index contributed by atoms with van der Waals surface area (Å²) in [7, 11) is 1.59. The molecule has 0 radical (unpaired) electrons. The molecule has 1 aliphatic rings. The molecule has 29 heavy (non-hydrogen) atoms. The van der Waals surface area contributed by atoms with E-state index < -0.39 is 0 Å². The number of aromatic amines is 1.